The molecule has 0 aromatic heterocycles. The van der Waals surface area contributed by atoms with Gasteiger partial charge in [0.1, 0.15) is 5.82 Å². The molecule has 1 N–H and O–H groups in total. The van der Waals surface area contributed by atoms with E-state index in [0.717, 1.165) is 19.6 Å². The van der Waals surface area contributed by atoms with Crippen molar-refractivity contribution in [1.29, 1.82) is 0 Å². The van der Waals surface area contributed by atoms with Crippen LogP contribution in [0, 0.1) is 5.82 Å². The highest BCUT2D eigenvalue weighted by Crippen LogP contribution is 2.11. The molecule has 1 aromatic carbocycles. The van der Waals surface area contributed by atoms with E-state index in [1.807, 2.05) is 11.8 Å². The van der Waals surface area contributed by atoms with Crippen LogP contribution in [0.5, 0.6) is 0 Å². The van der Waals surface area contributed by atoms with Crippen LogP contribution >= 0.6 is 0 Å². The normalized spacial score (nSPS) is 19.9. The molecule has 0 spiro atoms. The highest BCUT2D eigenvalue weighted by molar-refractivity contribution is 5.77. The van der Waals surface area contributed by atoms with Gasteiger partial charge in [0.2, 0.25) is 5.91 Å². The summed E-state index contributed by atoms with van der Waals surface area (Å²) in [6.07, 6.45) is 0.855. The average molecular weight is 250 g/mol. The number of nitrogens with zero attached hydrogens (tertiary/aromatic N) is 1. The Balaban J connectivity index is 1.90. The zero-order valence-corrected chi connectivity index (χ0v) is 10.7. The fraction of sp³-hybridized carbons (Fsp3) is 0.500. The minimum atomic E-state index is -0.223. The number of amides is 1. The summed E-state index contributed by atoms with van der Waals surface area (Å²) in [7, 11) is 0. The number of hydrogen-bond donors (Lipinski definition) is 1. The summed E-state index contributed by atoms with van der Waals surface area (Å²) in [6.45, 7) is 4.46. The molecule has 1 aliphatic heterocycles. The van der Waals surface area contributed by atoms with Gasteiger partial charge in [0.25, 0.3) is 0 Å². The van der Waals surface area contributed by atoms with Gasteiger partial charge in [0, 0.05) is 32.1 Å². The molecule has 3 nitrogen and oxygen atoms in total. The maximum absolute atomic E-state index is 13.4. The number of rotatable bonds is 3. The van der Waals surface area contributed by atoms with Crippen molar-refractivity contribution in [1.82, 2.24) is 10.2 Å². The van der Waals surface area contributed by atoms with E-state index in [2.05, 4.69) is 5.32 Å². The molecule has 98 valence electrons. The van der Waals surface area contributed by atoms with E-state index < -0.39 is 0 Å². The number of piperazine rings is 1. The van der Waals surface area contributed by atoms with E-state index in [9.17, 15) is 9.18 Å². The second-order valence-corrected chi connectivity index (χ2v) is 4.73. The van der Waals surface area contributed by atoms with E-state index >= 15 is 0 Å². The van der Waals surface area contributed by atoms with E-state index in [1.54, 1.807) is 18.2 Å². The maximum atomic E-state index is 13.4. The SMILES string of the molecule is C[C@@H]1CNCCN1C(=O)CCc1ccccc1F. The molecule has 1 saturated heterocycles. The molecule has 4 heteroatoms. The Kier molecular flexibility index (Phi) is 4.31. The molecule has 1 aromatic rings. The fourth-order valence-electron chi connectivity index (χ4n) is 2.30. The minimum Gasteiger partial charge on any atom is -0.337 e. The summed E-state index contributed by atoms with van der Waals surface area (Å²) in [6, 6.07) is 6.87. The Hall–Kier alpha value is -1.42. The number of hydrogen-bond acceptors (Lipinski definition) is 2. The molecule has 0 bridgehead atoms. The third-order valence-electron chi connectivity index (χ3n) is 3.39. The van der Waals surface area contributed by atoms with Gasteiger partial charge in [0.05, 0.1) is 0 Å². The molecule has 0 aliphatic carbocycles. The van der Waals surface area contributed by atoms with Crippen molar-refractivity contribution < 1.29 is 9.18 Å². The maximum Gasteiger partial charge on any atom is 0.223 e. The molecule has 0 radical (unpaired) electrons. The number of carbonyl (C=O) groups is 1. The molecule has 0 unspecified atom stereocenters. The van der Waals surface area contributed by atoms with Crippen LogP contribution in [0.25, 0.3) is 0 Å². The number of halogens is 1. The summed E-state index contributed by atoms with van der Waals surface area (Å²) < 4.78 is 13.4. The first-order chi connectivity index (χ1) is 8.68. The summed E-state index contributed by atoms with van der Waals surface area (Å²) >= 11 is 0. The Labute approximate surface area is 107 Å². The van der Waals surface area contributed by atoms with Crippen molar-refractivity contribution in [3.63, 3.8) is 0 Å². The summed E-state index contributed by atoms with van der Waals surface area (Å²) in [5, 5.41) is 3.25. The summed E-state index contributed by atoms with van der Waals surface area (Å²) in [5.41, 5.74) is 0.619. The van der Waals surface area contributed by atoms with Crippen LogP contribution < -0.4 is 5.32 Å². The zero-order chi connectivity index (χ0) is 13.0. The first kappa shape index (κ1) is 13.0. The number of nitrogens with one attached hydrogen (secondary N) is 1. The smallest absolute Gasteiger partial charge is 0.223 e. The largest absolute Gasteiger partial charge is 0.337 e. The molecule has 0 saturated carbocycles. The zero-order valence-electron chi connectivity index (χ0n) is 10.7. The van der Waals surface area contributed by atoms with Crippen molar-refractivity contribution in [2.24, 2.45) is 0 Å². The Morgan fingerprint density at radius 1 is 1.50 bits per heavy atom. The van der Waals surface area contributed by atoms with Crippen LogP contribution in [0.15, 0.2) is 24.3 Å². The van der Waals surface area contributed by atoms with E-state index in [4.69, 9.17) is 0 Å². The van der Waals surface area contributed by atoms with Crippen LogP contribution in [-0.4, -0.2) is 36.5 Å². The fourth-order valence-corrected chi connectivity index (χ4v) is 2.30. The van der Waals surface area contributed by atoms with Crippen LogP contribution in [0.1, 0.15) is 18.9 Å². The predicted molar refractivity (Wildman–Crippen MR) is 68.8 cm³/mol. The first-order valence-corrected chi connectivity index (χ1v) is 6.42. The lowest BCUT2D eigenvalue weighted by Crippen LogP contribution is -2.52. The monoisotopic (exact) mass is 250 g/mol. The lowest BCUT2D eigenvalue weighted by molar-refractivity contribution is -0.133. The standard InChI is InChI=1S/C14H19FN2O/c1-11-10-16-8-9-17(11)14(18)7-6-12-4-2-3-5-13(12)15/h2-5,11,16H,6-10H2,1H3/t11-/m1/s1. The topological polar surface area (TPSA) is 32.3 Å². The molecule has 1 heterocycles. The van der Waals surface area contributed by atoms with E-state index in [-0.39, 0.29) is 17.8 Å². The average Bonchev–Trinajstić information content (AvgIpc) is 2.38. The van der Waals surface area contributed by atoms with Gasteiger partial charge in [-0.1, -0.05) is 18.2 Å². The van der Waals surface area contributed by atoms with Crippen LogP contribution in [0.2, 0.25) is 0 Å². The highest BCUT2D eigenvalue weighted by atomic mass is 19.1. The van der Waals surface area contributed by atoms with Crippen molar-refractivity contribution in [3.05, 3.63) is 35.6 Å². The van der Waals surface area contributed by atoms with E-state index in [1.165, 1.54) is 6.07 Å². The van der Waals surface area contributed by atoms with Crippen LogP contribution in [-0.2, 0) is 11.2 Å². The summed E-state index contributed by atoms with van der Waals surface area (Å²) in [5.74, 6) is -0.106. The van der Waals surface area contributed by atoms with Gasteiger partial charge in [0.15, 0.2) is 0 Å². The first-order valence-electron chi connectivity index (χ1n) is 6.42. The van der Waals surface area contributed by atoms with Crippen molar-refractivity contribution in [2.75, 3.05) is 19.6 Å². The molecule has 2 rings (SSSR count). The molecule has 1 atom stereocenters. The number of aryl methyl sites for hydroxylation is 1. The molecule has 18 heavy (non-hydrogen) atoms. The van der Waals surface area contributed by atoms with Crippen molar-refractivity contribution in [3.8, 4) is 0 Å². The quantitative estimate of drug-likeness (QED) is 0.883. The van der Waals surface area contributed by atoms with Crippen molar-refractivity contribution in [2.45, 2.75) is 25.8 Å². The van der Waals surface area contributed by atoms with Crippen molar-refractivity contribution >= 4 is 5.91 Å². The van der Waals surface area contributed by atoms with Crippen LogP contribution in [0.4, 0.5) is 4.39 Å². The van der Waals surface area contributed by atoms with Gasteiger partial charge in [-0.15, -0.1) is 0 Å². The van der Waals surface area contributed by atoms with Crippen LogP contribution in [0.3, 0.4) is 0 Å². The van der Waals surface area contributed by atoms with Gasteiger partial charge in [-0.05, 0) is 25.0 Å². The molecular weight excluding hydrogens is 231 g/mol. The Morgan fingerprint density at radius 3 is 3.00 bits per heavy atom. The molecule has 1 fully saturated rings. The minimum absolute atomic E-state index is 0.118. The Bertz CT molecular complexity index is 422. The third-order valence-corrected chi connectivity index (χ3v) is 3.39. The Morgan fingerprint density at radius 2 is 2.28 bits per heavy atom. The van der Waals surface area contributed by atoms with Gasteiger partial charge >= 0.3 is 0 Å². The number of benzene rings is 1. The molecule has 1 amide bonds. The van der Waals surface area contributed by atoms with E-state index in [0.29, 0.717) is 18.4 Å². The number of carbonyl (C=O) groups excluding carboxylic acids is 1. The van der Waals surface area contributed by atoms with Gasteiger partial charge in [-0.3, -0.25) is 4.79 Å². The highest BCUT2D eigenvalue weighted by Gasteiger charge is 2.22. The van der Waals surface area contributed by atoms with Gasteiger partial charge in [-0.25, -0.2) is 4.39 Å². The van der Waals surface area contributed by atoms with Gasteiger partial charge in [-0.2, -0.15) is 0 Å². The second kappa shape index (κ2) is 5.96. The summed E-state index contributed by atoms with van der Waals surface area (Å²) in [4.78, 5) is 14.0. The lowest BCUT2D eigenvalue weighted by Gasteiger charge is -2.34. The van der Waals surface area contributed by atoms with Gasteiger partial charge < -0.3 is 10.2 Å². The molecule has 1 aliphatic rings. The third kappa shape index (κ3) is 3.07. The molecular formula is C14H19FN2O. The second-order valence-electron chi connectivity index (χ2n) is 4.73. The predicted octanol–water partition coefficient (Wildman–Crippen LogP) is 1.58. The lowest BCUT2D eigenvalue weighted by atomic mass is 10.1.